The molecule has 1 aliphatic heterocycles. The van der Waals surface area contributed by atoms with Crippen LogP contribution >= 0.6 is 11.6 Å². The third kappa shape index (κ3) is 2.93. The summed E-state index contributed by atoms with van der Waals surface area (Å²) in [5, 5.41) is 0.418. The van der Waals surface area contributed by atoms with Gasteiger partial charge in [0.05, 0.1) is 11.3 Å². The summed E-state index contributed by atoms with van der Waals surface area (Å²) < 4.78 is 32.2. The molecular weight excluding hydrogens is 300 g/mol. The molecule has 1 atom stereocenters. The average molecular weight is 319 g/mol. The first-order valence-corrected chi connectivity index (χ1v) is 8.21. The number of hydrogen-bond donors (Lipinski definition) is 1. The van der Waals surface area contributed by atoms with Crippen LogP contribution in [0.4, 0.5) is 5.69 Å². The van der Waals surface area contributed by atoms with Crippen molar-refractivity contribution in [1.29, 1.82) is 0 Å². The van der Waals surface area contributed by atoms with Crippen LogP contribution in [0.15, 0.2) is 23.1 Å². The normalized spacial score (nSPS) is 24.8. The molecule has 0 aromatic heterocycles. The van der Waals surface area contributed by atoms with Gasteiger partial charge in [0.1, 0.15) is 4.90 Å². The lowest BCUT2D eigenvalue weighted by atomic mass is 9.96. The fourth-order valence-corrected chi connectivity index (χ4v) is 4.29. The lowest BCUT2D eigenvalue weighted by Crippen LogP contribution is -2.49. The third-order valence-corrected chi connectivity index (χ3v) is 5.86. The highest BCUT2D eigenvalue weighted by atomic mass is 35.5. The van der Waals surface area contributed by atoms with Gasteiger partial charge in [0.15, 0.2) is 0 Å². The van der Waals surface area contributed by atoms with Crippen LogP contribution in [-0.2, 0) is 14.8 Å². The topological polar surface area (TPSA) is 72.6 Å². The fourth-order valence-electron chi connectivity index (χ4n) is 2.43. The molecule has 1 unspecified atom stereocenters. The number of nitrogens with two attached hydrogens (primary N) is 1. The summed E-state index contributed by atoms with van der Waals surface area (Å²) in [4.78, 5) is 0.0993. The molecule has 2 N–H and O–H groups in total. The number of nitrogen functional groups attached to an aromatic ring is 1. The second-order valence-corrected chi connectivity index (χ2v) is 7.62. The molecule has 20 heavy (non-hydrogen) atoms. The van der Waals surface area contributed by atoms with Crippen LogP contribution < -0.4 is 5.73 Å². The molecular formula is C13H19ClN2O3S. The zero-order chi connectivity index (χ0) is 15.0. The Morgan fingerprint density at radius 1 is 1.45 bits per heavy atom. The highest BCUT2D eigenvalue weighted by Crippen LogP contribution is 2.31. The third-order valence-electron chi connectivity index (χ3n) is 3.71. The molecule has 1 fully saturated rings. The molecule has 1 heterocycles. The van der Waals surface area contributed by atoms with Gasteiger partial charge in [0.2, 0.25) is 10.0 Å². The highest BCUT2D eigenvalue weighted by Gasteiger charge is 2.37. The summed E-state index contributed by atoms with van der Waals surface area (Å²) >= 11 is 5.81. The molecule has 0 saturated carbocycles. The smallest absolute Gasteiger partial charge is 0.245 e. The molecule has 0 aliphatic carbocycles. The highest BCUT2D eigenvalue weighted by molar-refractivity contribution is 7.89. The van der Waals surface area contributed by atoms with Gasteiger partial charge in [-0.2, -0.15) is 4.31 Å². The van der Waals surface area contributed by atoms with Gasteiger partial charge in [-0.25, -0.2) is 8.42 Å². The van der Waals surface area contributed by atoms with E-state index in [0.29, 0.717) is 18.1 Å². The molecule has 112 valence electrons. The largest absolute Gasteiger partial charge is 0.398 e. The van der Waals surface area contributed by atoms with Crippen molar-refractivity contribution in [1.82, 2.24) is 4.31 Å². The lowest BCUT2D eigenvalue weighted by Gasteiger charge is -2.38. The SMILES string of the molecule is COC1(C)CCCN(S(=O)(=O)c2ccc(Cl)cc2N)C1. The van der Waals surface area contributed by atoms with Gasteiger partial charge < -0.3 is 10.5 Å². The minimum absolute atomic E-state index is 0.0993. The molecule has 5 nitrogen and oxygen atoms in total. The summed E-state index contributed by atoms with van der Waals surface area (Å²) in [5.74, 6) is 0. The van der Waals surface area contributed by atoms with Crippen LogP contribution in [0.5, 0.6) is 0 Å². The number of hydrogen-bond acceptors (Lipinski definition) is 4. The van der Waals surface area contributed by atoms with Gasteiger partial charge in [-0.15, -0.1) is 0 Å². The maximum Gasteiger partial charge on any atom is 0.245 e. The Morgan fingerprint density at radius 3 is 2.75 bits per heavy atom. The summed E-state index contributed by atoms with van der Waals surface area (Å²) in [5.41, 5.74) is 5.51. The van der Waals surface area contributed by atoms with Crippen LogP contribution in [0.25, 0.3) is 0 Å². The van der Waals surface area contributed by atoms with Crippen molar-refractivity contribution in [2.75, 3.05) is 25.9 Å². The molecule has 1 aromatic rings. The number of piperidine rings is 1. The lowest BCUT2D eigenvalue weighted by molar-refractivity contribution is -0.0319. The van der Waals surface area contributed by atoms with Crippen molar-refractivity contribution < 1.29 is 13.2 Å². The molecule has 1 saturated heterocycles. The Hall–Kier alpha value is -0.820. The van der Waals surface area contributed by atoms with Gasteiger partial charge in [-0.05, 0) is 38.0 Å². The van der Waals surface area contributed by atoms with Crippen molar-refractivity contribution in [2.45, 2.75) is 30.3 Å². The maximum absolute atomic E-state index is 12.7. The molecule has 0 spiro atoms. The number of rotatable bonds is 3. The quantitative estimate of drug-likeness (QED) is 0.866. The van der Waals surface area contributed by atoms with Crippen LogP contribution in [0.3, 0.4) is 0 Å². The van der Waals surface area contributed by atoms with Crippen molar-refractivity contribution in [3.8, 4) is 0 Å². The van der Waals surface area contributed by atoms with E-state index in [2.05, 4.69) is 0 Å². The van der Waals surface area contributed by atoms with E-state index in [4.69, 9.17) is 22.1 Å². The van der Waals surface area contributed by atoms with E-state index >= 15 is 0 Å². The van der Waals surface area contributed by atoms with E-state index in [9.17, 15) is 8.42 Å². The van der Waals surface area contributed by atoms with E-state index in [1.54, 1.807) is 7.11 Å². The molecule has 0 bridgehead atoms. The van der Waals surface area contributed by atoms with E-state index in [1.165, 1.54) is 22.5 Å². The number of ether oxygens (including phenoxy) is 1. The number of sulfonamides is 1. The van der Waals surface area contributed by atoms with Crippen molar-refractivity contribution in [3.63, 3.8) is 0 Å². The molecule has 7 heteroatoms. The van der Waals surface area contributed by atoms with E-state index in [-0.39, 0.29) is 10.6 Å². The summed E-state index contributed by atoms with van der Waals surface area (Å²) in [6.45, 7) is 2.72. The Kier molecular flexibility index (Phi) is 4.30. The van der Waals surface area contributed by atoms with Gasteiger partial charge in [0.25, 0.3) is 0 Å². The van der Waals surface area contributed by atoms with Crippen LogP contribution in [0.1, 0.15) is 19.8 Å². The minimum atomic E-state index is -3.62. The van der Waals surface area contributed by atoms with Gasteiger partial charge in [-0.3, -0.25) is 0 Å². The number of nitrogens with zero attached hydrogens (tertiary/aromatic N) is 1. The Balaban J connectivity index is 2.35. The van der Waals surface area contributed by atoms with Crippen LogP contribution in [0, 0.1) is 0 Å². The summed E-state index contributed by atoms with van der Waals surface area (Å²) in [6, 6.07) is 4.43. The summed E-state index contributed by atoms with van der Waals surface area (Å²) in [7, 11) is -2.02. The van der Waals surface area contributed by atoms with Crippen molar-refractivity contribution in [2.24, 2.45) is 0 Å². The number of methoxy groups -OCH3 is 1. The van der Waals surface area contributed by atoms with Crippen molar-refractivity contribution in [3.05, 3.63) is 23.2 Å². The molecule has 1 aromatic carbocycles. The van der Waals surface area contributed by atoms with Gasteiger partial charge >= 0.3 is 0 Å². The van der Waals surface area contributed by atoms with E-state index < -0.39 is 15.6 Å². The molecule has 0 amide bonds. The monoisotopic (exact) mass is 318 g/mol. The fraction of sp³-hybridized carbons (Fsp3) is 0.538. The molecule has 1 aliphatic rings. The number of halogens is 1. The second-order valence-electron chi connectivity index (χ2n) is 5.28. The maximum atomic E-state index is 12.7. The predicted octanol–water partition coefficient (Wildman–Crippen LogP) is 2.11. The number of benzene rings is 1. The van der Waals surface area contributed by atoms with Crippen LogP contribution in [-0.4, -0.2) is 38.5 Å². The standard InChI is InChI=1S/C13H19ClN2O3S/c1-13(19-2)6-3-7-16(9-13)20(17,18)12-5-4-10(14)8-11(12)15/h4-5,8H,3,6-7,9,15H2,1-2H3. The Labute approximate surface area is 124 Å². The first-order chi connectivity index (χ1) is 9.28. The predicted molar refractivity (Wildman–Crippen MR) is 79.3 cm³/mol. The first-order valence-electron chi connectivity index (χ1n) is 6.39. The van der Waals surface area contributed by atoms with E-state index in [0.717, 1.165) is 12.8 Å². The van der Waals surface area contributed by atoms with Gasteiger partial charge in [-0.1, -0.05) is 11.6 Å². The van der Waals surface area contributed by atoms with Gasteiger partial charge in [0, 0.05) is 25.2 Å². The zero-order valence-corrected chi connectivity index (χ0v) is 13.2. The zero-order valence-electron chi connectivity index (χ0n) is 11.6. The van der Waals surface area contributed by atoms with E-state index in [1.807, 2.05) is 6.92 Å². The Morgan fingerprint density at radius 2 is 2.15 bits per heavy atom. The van der Waals surface area contributed by atoms with Crippen LogP contribution in [0.2, 0.25) is 5.02 Å². The summed E-state index contributed by atoms with van der Waals surface area (Å²) in [6.07, 6.45) is 1.60. The molecule has 2 rings (SSSR count). The average Bonchev–Trinajstić information content (AvgIpc) is 2.38. The molecule has 0 radical (unpaired) electrons. The second kappa shape index (κ2) is 5.52. The minimum Gasteiger partial charge on any atom is -0.398 e. The van der Waals surface area contributed by atoms with Crippen molar-refractivity contribution >= 4 is 27.3 Å². The number of anilines is 1. The Bertz CT molecular complexity index is 606. The first kappa shape index (κ1) is 15.6.